The number of nitrogens with two attached hydrogens (primary N) is 1. The van der Waals surface area contributed by atoms with Gasteiger partial charge in [0.15, 0.2) is 0 Å². The Morgan fingerprint density at radius 2 is 2.06 bits per heavy atom. The lowest BCUT2D eigenvalue weighted by atomic mass is 10.2. The molecule has 0 aliphatic heterocycles. The molecule has 3 N–H and O–H groups in total. The van der Waals surface area contributed by atoms with E-state index >= 15 is 0 Å². The van der Waals surface area contributed by atoms with Gasteiger partial charge >= 0.3 is 0 Å². The summed E-state index contributed by atoms with van der Waals surface area (Å²) in [5.41, 5.74) is 7.30. The fraction of sp³-hybridized carbons (Fsp3) is 0.462. The molecule has 0 atom stereocenters. The molecule has 0 fully saturated rings. The number of hydrogen-bond donors (Lipinski definition) is 2. The van der Waals surface area contributed by atoms with Crippen molar-refractivity contribution in [3.05, 3.63) is 29.8 Å². The Bertz CT molecular complexity index is 336. The maximum Gasteiger partial charge on any atom is 0.250 e. The van der Waals surface area contributed by atoms with E-state index in [-0.39, 0.29) is 12.5 Å². The highest BCUT2D eigenvalue weighted by molar-refractivity contribution is 5.91. The Kier molecular flexibility index (Phi) is 6.29. The molecule has 0 aromatic heterocycles. The van der Waals surface area contributed by atoms with Crippen molar-refractivity contribution in [3.8, 4) is 0 Å². The first-order valence-electron chi connectivity index (χ1n) is 5.93. The molecule has 0 spiro atoms. The number of amides is 1. The normalized spacial score (nSPS) is 10.2. The van der Waals surface area contributed by atoms with Crippen molar-refractivity contribution in [1.29, 1.82) is 0 Å². The summed E-state index contributed by atoms with van der Waals surface area (Å²) in [6.07, 6.45) is 2.06. The number of hydrogen-bond acceptors (Lipinski definition) is 3. The van der Waals surface area contributed by atoms with Crippen LogP contribution in [0, 0.1) is 0 Å². The third kappa shape index (κ3) is 5.47. The van der Waals surface area contributed by atoms with Crippen LogP contribution in [0.1, 0.15) is 25.3 Å². The molecule has 1 aromatic carbocycles. The second kappa shape index (κ2) is 7.81. The van der Waals surface area contributed by atoms with Crippen LogP contribution in [-0.4, -0.2) is 19.1 Å². The minimum Gasteiger partial charge on any atom is -0.372 e. The zero-order valence-electron chi connectivity index (χ0n) is 10.2. The van der Waals surface area contributed by atoms with Gasteiger partial charge in [0.2, 0.25) is 5.91 Å². The van der Waals surface area contributed by atoms with E-state index in [2.05, 4.69) is 12.2 Å². The maximum atomic E-state index is 11.5. The Balaban J connectivity index is 2.29. The molecule has 4 nitrogen and oxygen atoms in total. The molecule has 0 aliphatic rings. The summed E-state index contributed by atoms with van der Waals surface area (Å²) in [6, 6.07) is 7.47. The lowest BCUT2D eigenvalue weighted by Gasteiger charge is -2.06. The third-order valence-corrected chi connectivity index (χ3v) is 2.35. The number of unbranched alkanes of at least 4 members (excludes halogenated alkanes) is 1. The number of ether oxygens (including phenoxy) is 1. The topological polar surface area (TPSA) is 64.3 Å². The fourth-order valence-electron chi connectivity index (χ4n) is 1.33. The number of carbonyl (C=O) groups excluding carboxylic acids is 1. The molecule has 17 heavy (non-hydrogen) atoms. The SMILES string of the molecule is CCCCOCC(=O)Nc1ccc(CN)cc1. The predicted octanol–water partition coefficient (Wildman–Crippen LogP) is 1.90. The first kappa shape index (κ1) is 13.7. The van der Waals surface area contributed by atoms with Gasteiger partial charge in [-0.1, -0.05) is 25.5 Å². The number of anilines is 1. The summed E-state index contributed by atoms with van der Waals surface area (Å²) < 4.78 is 5.22. The van der Waals surface area contributed by atoms with Crippen LogP contribution in [0.25, 0.3) is 0 Å². The summed E-state index contributed by atoms with van der Waals surface area (Å²) in [6.45, 7) is 3.34. The van der Waals surface area contributed by atoms with Crippen LogP contribution in [0.4, 0.5) is 5.69 Å². The Morgan fingerprint density at radius 1 is 1.35 bits per heavy atom. The van der Waals surface area contributed by atoms with Gasteiger partial charge in [0, 0.05) is 18.8 Å². The van der Waals surface area contributed by atoms with Crippen molar-refractivity contribution in [1.82, 2.24) is 0 Å². The van der Waals surface area contributed by atoms with E-state index in [4.69, 9.17) is 10.5 Å². The van der Waals surface area contributed by atoms with Crippen molar-refractivity contribution in [2.75, 3.05) is 18.5 Å². The van der Waals surface area contributed by atoms with E-state index in [1.54, 1.807) is 0 Å². The first-order valence-corrected chi connectivity index (χ1v) is 5.93. The highest BCUT2D eigenvalue weighted by Gasteiger charge is 2.01. The molecule has 0 saturated heterocycles. The second-order valence-corrected chi connectivity index (χ2v) is 3.86. The Morgan fingerprint density at radius 3 is 2.65 bits per heavy atom. The summed E-state index contributed by atoms with van der Waals surface area (Å²) in [7, 11) is 0. The highest BCUT2D eigenvalue weighted by atomic mass is 16.5. The fourth-order valence-corrected chi connectivity index (χ4v) is 1.33. The average molecular weight is 236 g/mol. The van der Waals surface area contributed by atoms with Crippen LogP contribution in [0.3, 0.4) is 0 Å². The molecule has 1 rings (SSSR count). The van der Waals surface area contributed by atoms with E-state index in [0.29, 0.717) is 13.2 Å². The molecule has 1 amide bonds. The molecule has 0 saturated carbocycles. The van der Waals surface area contributed by atoms with Crippen molar-refractivity contribution < 1.29 is 9.53 Å². The summed E-state index contributed by atoms with van der Waals surface area (Å²) in [4.78, 5) is 11.5. The summed E-state index contributed by atoms with van der Waals surface area (Å²) >= 11 is 0. The van der Waals surface area contributed by atoms with Crippen LogP contribution in [0.5, 0.6) is 0 Å². The molecule has 0 heterocycles. The molecular formula is C13H20N2O2. The molecule has 94 valence electrons. The van der Waals surface area contributed by atoms with Crippen LogP contribution < -0.4 is 11.1 Å². The van der Waals surface area contributed by atoms with Gasteiger partial charge < -0.3 is 15.8 Å². The van der Waals surface area contributed by atoms with Gasteiger partial charge in [0.1, 0.15) is 6.61 Å². The molecule has 0 unspecified atom stereocenters. The molecule has 1 aromatic rings. The van der Waals surface area contributed by atoms with Crippen molar-refractivity contribution >= 4 is 11.6 Å². The lowest BCUT2D eigenvalue weighted by Crippen LogP contribution is -2.18. The van der Waals surface area contributed by atoms with Gasteiger partial charge in [-0.25, -0.2) is 0 Å². The summed E-state index contributed by atoms with van der Waals surface area (Å²) in [5.74, 6) is -0.124. The highest BCUT2D eigenvalue weighted by Crippen LogP contribution is 2.08. The van der Waals surface area contributed by atoms with E-state index in [1.807, 2.05) is 24.3 Å². The quantitative estimate of drug-likeness (QED) is 0.711. The van der Waals surface area contributed by atoms with Crippen molar-refractivity contribution in [2.24, 2.45) is 5.73 Å². The minimum atomic E-state index is -0.124. The van der Waals surface area contributed by atoms with Crippen LogP contribution in [-0.2, 0) is 16.1 Å². The second-order valence-electron chi connectivity index (χ2n) is 3.86. The Labute approximate surface area is 102 Å². The number of nitrogens with one attached hydrogen (secondary N) is 1. The smallest absolute Gasteiger partial charge is 0.250 e. The van der Waals surface area contributed by atoms with E-state index < -0.39 is 0 Å². The van der Waals surface area contributed by atoms with Gasteiger partial charge in [-0.15, -0.1) is 0 Å². The van der Waals surface area contributed by atoms with Gasteiger partial charge in [-0.2, -0.15) is 0 Å². The third-order valence-electron chi connectivity index (χ3n) is 2.35. The average Bonchev–Trinajstić information content (AvgIpc) is 2.36. The van der Waals surface area contributed by atoms with Crippen molar-refractivity contribution in [3.63, 3.8) is 0 Å². The lowest BCUT2D eigenvalue weighted by molar-refractivity contribution is -0.120. The Hall–Kier alpha value is -1.39. The van der Waals surface area contributed by atoms with Gasteiger partial charge in [0.05, 0.1) is 0 Å². The van der Waals surface area contributed by atoms with E-state index in [1.165, 1.54) is 0 Å². The molecule has 4 heteroatoms. The predicted molar refractivity (Wildman–Crippen MR) is 68.7 cm³/mol. The van der Waals surface area contributed by atoms with Gasteiger partial charge in [0.25, 0.3) is 0 Å². The molecule has 0 radical (unpaired) electrons. The minimum absolute atomic E-state index is 0.110. The van der Waals surface area contributed by atoms with E-state index in [0.717, 1.165) is 24.1 Å². The number of carbonyl (C=O) groups is 1. The number of rotatable bonds is 7. The number of benzene rings is 1. The van der Waals surface area contributed by atoms with Crippen LogP contribution in [0.2, 0.25) is 0 Å². The van der Waals surface area contributed by atoms with E-state index in [9.17, 15) is 4.79 Å². The maximum absolute atomic E-state index is 11.5. The largest absolute Gasteiger partial charge is 0.372 e. The first-order chi connectivity index (χ1) is 8.26. The standard InChI is InChI=1S/C13H20N2O2/c1-2-3-8-17-10-13(16)15-12-6-4-11(9-14)5-7-12/h4-7H,2-3,8-10,14H2,1H3,(H,15,16). The monoisotopic (exact) mass is 236 g/mol. The van der Waals surface area contributed by atoms with Gasteiger partial charge in [-0.05, 0) is 24.1 Å². The molecular weight excluding hydrogens is 216 g/mol. The van der Waals surface area contributed by atoms with Crippen LogP contribution in [0.15, 0.2) is 24.3 Å². The summed E-state index contributed by atoms with van der Waals surface area (Å²) in [5, 5.41) is 2.77. The van der Waals surface area contributed by atoms with Gasteiger partial charge in [-0.3, -0.25) is 4.79 Å². The zero-order chi connectivity index (χ0) is 12.5. The van der Waals surface area contributed by atoms with Crippen molar-refractivity contribution in [2.45, 2.75) is 26.3 Å². The zero-order valence-corrected chi connectivity index (χ0v) is 10.2. The molecule has 0 bridgehead atoms. The van der Waals surface area contributed by atoms with Crippen LogP contribution >= 0.6 is 0 Å². The molecule has 0 aliphatic carbocycles.